The predicted molar refractivity (Wildman–Crippen MR) is 70.5 cm³/mol. The second kappa shape index (κ2) is 5.22. The molecular formula is C9H22O2Si3. The summed E-state index contributed by atoms with van der Waals surface area (Å²) >= 11 is 0. The van der Waals surface area contributed by atoms with Crippen LogP contribution in [0.5, 0.6) is 0 Å². The van der Waals surface area contributed by atoms with E-state index in [0.29, 0.717) is 0 Å². The summed E-state index contributed by atoms with van der Waals surface area (Å²) < 4.78 is 12.0. The Morgan fingerprint density at radius 1 is 1.07 bits per heavy atom. The average molecular weight is 247 g/mol. The molecule has 82 valence electrons. The van der Waals surface area contributed by atoms with Gasteiger partial charge in [0.05, 0.1) is 0 Å². The van der Waals surface area contributed by atoms with Crippen LogP contribution >= 0.6 is 0 Å². The summed E-state index contributed by atoms with van der Waals surface area (Å²) in [6, 6.07) is 0. The normalized spacial score (nSPS) is 16.4. The summed E-state index contributed by atoms with van der Waals surface area (Å²) in [5, 5.41) is 0. The number of hydrogen-bond donors (Lipinski definition) is 0. The van der Waals surface area contributed by atoms with E-state index in [-0.39, 0.29) is 0 Å². The van der Waals surface area contributed by atoms with Gasteiger partial charge in [0.1, 0.15) is 0 Å². The van der Waals surface area contributed by atoms with Crippen molar-refractivity contribution >= 4 is 25.9 Å². The highest BCUT2D eigenvalue weighted by Gasteiger charge is 2.35. The first-order chi connectivity index (χ1) is 6.24. The van der Waals surface area contributed by atoms with E-state index in [2.05, 4.69) is 45.9 Å². The molecule has 1 unspecified atom stereocenters. The molecule has 0 aromatic rings. The largest absolute Gasteiger partial charge is 0.437 e. The highest BCUT2D eigenvalue weighted by atomic mass is 28.5. The number of rotatable bonds is 6. The molecule has 0 radical (unpaired) electrons. The van der Waals surface area contributed by atoms with E-state index in [0.717, 1.165) is 0 Å². The maximum absolute atomic E-state index is 6.09. The molecule has 0 saturated heterocycles. The van der Waals surface area contributed by atoms with Crippen molar-refractivity contribution in [2.45, 2.75) is 32.7 Å². The summed E-state index contributed by atoms with van der Waals surface area (Å²) in [5.41, 5.74) is 3.81. The molecule has 0 aromatic heterocycles. The lowest BCUT2D eigenvalue weighted by Crippen LogP contribution is -2.48. The van der Waals surface area contributed by atoms with Gasteiger partial charge in [-0.2, -0.15) is 0 Å². The molecule has 2 nitrogen and oxygen atoms in total. The molecular weight excluding hydrogens is 224 g/mol. The smallest absolute Gasteiger partial charge is 0.340 e. The van der Waals surface area contributed by atoms with Crippen molar-refractivity contribution in [1.82, 2.24) is 0 Å². The molecule has 0 saturated carbocycles. The fourth-order valence-electron chi connectivity index (χ4n) is 1.15. The summed E-state index contributed by atoms with van der Waals surface area (Å²) in [7, 11) is -4.94. The van der Waals surface area contributed by atoms with E-state index < -0.39 is 25.9 Å². The molecule has 0 bridgehead atoms. The van der Waals surface area contributed by atoms with Crippen LogP contribution in [0, 0.1) is 0 Å². The highest BCUT2D eigenvalue weighted by Crippen LogP contribution is 2.18. The Hall–Kier alpha value is 0.0506. The van der Waals surface area contributed by atoms with Crippen molar-refractivity contribution in [3.63, 3.8) is 0 Å². The monoisotopic (exact) mass is 246 g/mol. The predicted octanol–water partition coefficient (Wildman–Crippen LogP) is 2.73. The Balaban J connectivity index is 4.54. The summed E-state index contributed by atoms with van der Waals surface area (Å²) in [4.78, 5) is 0. The van der Waals surface area contributed by atoms with Crippen LogP contribution in [0.3, 0.4) is 0 Å². The van der Waals surface area contributed by atoms with Crippen molar-refractivity contribution < 1.29 is 8.23 Å². The first-order valence-electron chi connectivity index (χ1n) is 4.90. The lowest BCUT2D eigenvalue weighted by molar-refractivity contribution is 0.415. The van der Waals surface area contributed by atoms with Crippen LogP contribution in [0.15, 0.2) is 24.6 Å². The summed E-state index contributed by atoms with van der Waals surface area (Å²) in [5.74, 6) is 0. The molecule has 0 N–H and O–H groups in total. The van der Waals surface area contributed by atoms with Crippen LogP contribution < -0.4 is 0 Å². The molecule has 0 spiro atoms. The zero-order chi connectivity index (χ0) is 11.4. The van der Waals surface area contributed by atoms with Gasteiger partial charge in [-0.15, -0.1) is 13.2 Å². The van der Waals surface area contributed by atoms with Crippen LogP contribution in [0.2, 0.25) is 32.7 Å². The van der Waals surface area contributed by atoms with Crippen molar-refractivity contribution in [1.29, 1.82) is 0 Å². The zero-order valence-corrected chi connectivity index (χ0v) is 13.1. The molecule has 0 heterocycles. The molecule has 1 atom stereocenters. The van der Waals surface area contributed by atoms with Gasteiger partial charge < -0.3 is 8.23 Å². The van der Waals surface area contributed by atoms with Crippen LogP contribution in [0.4, 0.5) is 0 Å². The fraction of sp³-hybridized carbons (Fsp3) is 0.556. The molecule has 0 fully saturated rings. The Labute approximate surface area is 91.7 Å². The maximum atomic E-state index is 6.09. The third kappa shape index (κ3) is 5.06. The van der Waals surface area contributed by atoms with Gasteiger partial charge >= 0.3 is 8.56 Å². The minimum atomic E-state index is -2.13. The summed E-state index contributed by atoms with van der Waals surface area (Å²) in [6.07, 6.45) is 0. The van der Waals surface area contributed by atoms with Gasteiger partial charge in [-0.25, -0.2) is 0 Å². The van der Waals surface area contributed by atoms with Crippen molar-refractivity contribution in [2.24, 2.45) is 0 Å². The van der Waals surface area contributed by atoms with E-state index in [4.69, 9.17) is 8.23 Å². The quantitative estimate of drug-likeness (QED) is 0.671. The Kier molecular flexibility index (Phi) is 5.24. The molecule has 0 rings (SSSR count). The van der Waals surface area contributed by atoms with Gasteiger partial charge in [0.15, 0.2) is 17.4 Å². The van der Waals surface area contributed by atoms with Gasteiger partial charge in [0.25, 0.3) is 0 Å². The van der Waals surface area contributed by atoms with Crippen LogP contribution in [-0.2, 0) is 8.23 Å². The minimum absolute atomic E-state index is 1.06. The highest BCUT2D eigenvalue weighted by molar-refractivity contribution is 6.89. The van der Waals surface area contributed by atoms with E-state index >= 15 is 0 Å². The Morgan fingerprint density at radius 2 is 1.57 bits per heavy atom. The van der Waals surface area contributed by atoms with Gasteiger partial charge in [-0.05, 0) is 32.7 Å². The molecule has 0 aliphatic heterocycles. The lowest BCUT2D eigenvalue weighted by atomic mass is 11.3. The van der Waals surface area contributed by atoms with Crippen molar-refractivity contribution in [3.8, 4) is 0 Å². The second-order valence-electron chi connectivity index (χ2n) is 4.30. The number of hydrogen-bond acceptors (Lipinski definition) is 2. The molecule has 0 aliphatic rings. The van der Waals surface area contributed by atoms with E-state index in [9.17, 15) is 0 Å². The van der Waals surface area contributed by atoms with Crippen molar-refractivity contribution in [3.05, 3.63) is 24.6 Å². The molecule has 0 amide bonds. The standard InChI is InChI=1S/C9H22O2Si3/c1-8-13(5,6)11-14(7,9-2)10-12(3)4/h8-9,12H,1-2H2,3-7H3. The van der Waals surface area contributed by atoms with Gasteiger partial charge in [0, 0.05) is 0 Å². The second-order valence-corrected chi connectivity index (χ2v) is 14.2. The SMILES string of the molecule is C=C[Si](C)(C)O[Si](C)(C=C)O[SiH](C)C. The Morgan fingerprint density at radius 3 is 1.86 bits per heavy atom. The lowest BCUT2D eigenvalue weighted by Gasteiger charge is -2.33. The van der Waals surface area contributed by atoms with Crippen molar-refractivity contribution in [2.75, 3.05) is 0 Å². The Bertz CT molecular complexity index is 216. The van der Waals surface area contributed by atoms with E-state index in [1.165, 1.54) is 0 Å². The fourth-order valence-corrected chi connectivity index (χ4v) is 10.7. The minimum Gasteiger partial charge on any atom is -0.437 e. The molecule has 14 heavy (non-hydrogen) atoms. The average Bonchev–Trinajstić information content (AvgIpc) is 2.02. The first-order valence-corrected chi connectivity index (χ1v) is 13.1. The summed E-state index contributed by atoms with van der Waals surface area (Å²) in [6.45, 7) is 18.3. The molecule has 0 aliphatic carbocycles. The van der Waals surface area contributed by atoms with Gasteiger partial charge in [-0.3, -0.25) is 0 Å². The zero-order valence-electron chi connectivity index (χ0n) is 9.96. The van der Waals surface area contributed by atoms with Crippen LogP contribution in [0.25, 0.3) is 0 Å². The molecule has 0 aromatic carbocycles. The van der Waals surface area contributed by atoms with Gasteiger partial charge in [0.2, 0.25) is 0 Å². The van der Waals surface area contributed by atoms with Crippen LogP contribution in [-0.4, -0.2) is 25.9 Å². The topological polar surface area (TPSA) is 18.5 Å². The molecule has 5 heteroatoms. The third-order valence-electron chi connectivity index (χ3n) is 1.80. The maximum Gasteiger partial charge on any atom is 0.340 e. The first kappa shape index (κ1) is 14.1. The van der Waals surface area contributed by atoms with Gasteiger partial charge in [-0.1, -0.05) is 11.4 Å². The third-order valence-corrected chi connectivity index (χ3v) is 11.0. The van der Waals surface area contributed by atoms with Crippen LogP contribution in [0.1, 0.15) is 0 Å². The van der Waals surface area contributed by atoms with E-state index in [1.807, 2.05) is 11.4 Å². The van der Waals surface area contributed by atoms with E-state index in [1.54, 1.807) is 0 Å².